The summed E-state index contributed by atoms with van der Waals surface area (Å²) in [7, 11) is 0. The summed E-state index contributed by atoms with van der Waals surface area (Å²) in [6.07, 6.45) is 5.10. The van der Waals surface area contributed by atoms with Gasteiger partial charge in [0.15, 0.2) is 5.12 Å². The van der Waals surface area contributed by atoms with Crippen molar-refractivity contribution in [3.63, 3.8) is 0 Å². The molecule has 2 nitrogen and oxygen atoms in total. The molecule has 0 amide bonds. The first-order chi connectivity index (χ1) is 8.25. The van der Waals surface area contributed by atoms with Crippen LogP contribution in [0.5, 0.6) is 0 Å². The Balaban J connectivity index is 1.93. The lowest BCUT2D eigenvalue weighted by Gasteiger charge is -1.94. The second-order valence-corrected chi connectivity index (χ2v) is 5.77. The lowest BCUT2D eigenvalue weighted by Crippen LogP contribution is -1.83. The quantitative estimate of drug-likeness (QED) is 0.782. The minimum absolute atomic E-state index is 0.183. The number of hydrogen-bond donors (Lipinski definition) is 0. The number of thioether (sulfide) groups is 1. The van der Waals surface area contributed by atoms with Gasteiger partial charge in [0, 0.05) is 12.7 Å². The summed E-state index contributed by atoms with van der Waals surface area (Å²) in [5.74, 6) is 0.852. The smallest absolute Gasteiger partial charge is 0.185 e. The molecule has 1 aromatic heterocycles. The predicted molar refractivity (Wildman–Crippen MR) is 76.4 cm³/mol. The highest BCUT2D eigenvalue weighted by atomic mass is 32.2. The molecule has 0 saturated carbocycles. The molecular weight excluding hydrogens is 250 g/mol. The highest BCUT2D eigenvalue weighted by Gasteiger charge is 1.96. The van der Waals surface area contributed by atoms with Crippen molar-refractivity contribution >= 4 is 44.5 Å². The van der Waals surface area contributed by atoms with E-state index >= 15 is 0 Å². The van der Waals surface area contributed by atoms with E-state index in [9.17, 15) is 4.79 Å². The molecule has 0 aliphatic rings. The molecule has 0 saturated heterocycles. The van der Waals surface area contributed by atoms with Crippen molar-refractivity contribution in [2.75, 3.05) is 5.75 Å². The molecule has 2 rings (SSSR count). The van der Waals surface area contributed by atoms with E-state index < -0.39 is 0 Å². The zero-order chi connectivity index (χ0) is 12.1. The second kappa shape index (κ2) is 5.98. The average molecular weight is 263 g/mol. The monoisotopic (exact) mass is 263 g/mol. The van der Waals surface area contributed by atoms with Crippen molar-refractivity contribution in [3.05, 3.63) is 35.3 Å². The van der Waals surface area contributed by atoms with Crippen LogP contribution in [0.4, 0.5) is 0 Å². The molecule has 0 radical (unpaired) electrons. The van der Waals surface area contributed by atoms with Gasteiger partial charge in [-0.3, -0.25) is 4.79 Å². The van der Waals surface area contributed by atoms with Crippen LogP contribution in [0.15, 0.2) is 29.8 Å². The molecule has 0 aliphatic carbocycles. The van der Waals surface area contributed by atoms with Crippen LogP contribution in [0.25, 0.3) is 16.3 Å². The molecule has 4 heteroatoms. The van der Waals surface area contributed by atoms with E-state index in [1.807, 2.05) is 5.51 Å². The molecule has 0 spiro atoms. The number of thiazole rings is 1. The standard InChI is InChI=1S/C13H13NOS2/c1-10(15)16-7-3-2-4-11-5-6-13-12(8-11)14-9-17-13/h2,4-6,8-9H,3,7H2,1H3. The Labute approximate surface area is 109 Å². The van der Waals surface area contributed by atoms with E-state index in [2.05, 4.69) is 35.3 Å². The van der Waals surface area contributed by atoms with Gasteiger partial charge in [-0.05, 0) is 24.1 Å². The largest absolute Gasteiger partial charge is 0.288 e. The van der Waals surface area contributed by atoms with Crippen molar-refractivity contribution in [1.82, 2.24) is 4.98 Å². The van der Waals surface area contributed by atoms with Gasteiger partial charge < -0.3 is 0 Å². The first kappa shape index (κ1) is 12.3. The van der Waals surface area contributed by atoms with Crippen LogP contribution >= 0.6 is 23.1 Å². The van der Waals surface area contributed by atoms with Gasteiger partial charge >= 0.3 is 0 Å². The first-order valence-electron chi connectivity index (χ1n) is 5.39. The molecule has 2 aromatic rings. The van der Waals surface area contributed by atoms with E-state index in [0.29, 0.717) is 0 Å². The zero-order valence-electron chi connectivity index (χ0n) is 9.55. The third kappa shape index (κ3) is 3.68. The van der Waals surface area contributed by atoms with Gasteiger partial charge in [0.25, 0.3) is 0 Å². The SMILES string of the molecule is CC(=O)SCCC=Cc1ccc2scnc2c1. The fourth-order valence-corrected chi connectivity index (χ4v) is 2.67. The van der Waals surface area contributed by atoms with Crippen molar-refractivity contribution in [3.8, 4) is 0 Å². The Morgan fingerprint density at radius 2 is 2.41 bits per heavy atom. The molecule has 0 bridgehead atoms. The van der Waals surface area contributed by atoms with Gasteiger partial charge in [0.05, 0.1) is 15.7 Å². The van der Waals surface area contributed by atoms with Gasteiger partial charge in [0.1, 0.15) is 0 Å². The molecular formula is C13H13NOS2. The molecule has 1 aromatic carbocycles. The van der Waals surface area contributed by atoms with Crippen LogP contribution in [0.1, 0.15) is 18.9 Å². The number of aromatic nitrogens is 1. The maximum Gasteiger partial charge on any atom is 0.185 e. The molecule has 0 fully saturated rings. The van der Waals surface area contributed by atoms with Crippen LogP contribution in [-0.2, 0) is 4.79 Å². The van der Waals surface area contributed by atoms with Gasteiger partial charge in [0.2, 0.25) is 0 Å². The van der Waals surface area contributed by atoms with Crippen molar-refractivity contribution in [2.24, 2.45) is 0 Å². The minimum atomic E-state index is 0.183. The van der Waals surface area contributed by atoms with E-state index in [1.54, 1.807) is 18.3 Å². The number of nitrogens with zero attached hydrogens (tertiary/aromatic N) is 1. The maximum atomic E-state index is 10.7. The summed E-state index contributed by atoms with van der Waals surface area (Å²) in [5, 5.41) is 0.183. The normalized spacial score (nSPS) is 11.4. The Morgan fingerprint density at radius 1 is 1.53 bits per heavy atom. The van der Waals surface area contributed by atoms with Crippen molar-refractivity contribution in [2.45, 2.75) is 13.3 Å². The van der Waals surface area contributed by atoms with Gasteiger partial charge in [-0.2, -0.15) is 0 Å². The summed E-state index contributed by atoms with van der Waals surface area (Å²) < 4.78 is 1.22. The minimum Gasteiger partial charge on any atom is -0.288 e. The highest BCUT2D eigenvalue weighted by Crippen LogP contribution is 2.19. The summed E-state index contributed by atoms with van der Waals surface area (Å²) >= 11 is 3.02. The molecule has 1 heterocycles. The summed E-state index contributed by atoms with van der Waals surface area (Å²) in [6.45, 7) is 1.60. The molecule has 88 valence electrons. The number of fused-ring (bicyclic) bond motifs is 1. The van der Waals surface area contributed by atoms with Crippen LogP contribution in [0.3, 0.4) is 0 Å². The number of benzene rings is 1. The number of carbonyl (C=O) groups excluding carboxylic acids is 1. The van der Waals surface area contributed by atoms with Gasteiger partial charge in [-0.15, -0.1) is 11.3 Å². The lowest BCUT2D eigenvalue weighted by atomic mass is 10.2. The summed E-state index contributed by atoms with van der Waals surface area (Å²) in [4.78, 5) is 15.0. The Kier molecular flexibility index (Phi) is 4.34. The maximum absolute atomic E-state index is 10.7. The van der Waals surface area contributed by atoms with Crippen molar-refractivity contribution in [1.29, 1.82) is 0 Å². The summed E-state index contributed by atoms with van der Waals surface area (Å²) in [5.41, 5.74) is 4.08. The summed E-state index contributed by atoms with van der Waals surface area (Å²) in [6, 6.07) is 6.27. The van der Waals surface area contributed by atoms with E-state index in [4.69, 9.17) is 0 Å². The first-order valence-corrected chi connectivity index (χ1v) is 7.25. The van der Waals surface area contributed by atoms with E-state index in [0.717, 1.165) is 23.3 Å². The number of hydrogen-bond acceptors (Lipinski definition) is 4. The van der Waals surface area contributed by atoms with Crippen molar-refractivity contribution < 1.29 is 4.79 Å². The Hall–Kier alpha value is -1.13. The lowest BCUT2D eigenvalue weighted by molar-refractivity contribution is -0.109. The van der Waals surface area contributed by atoms with Crippen LogP contribution in [0, 0.1) is 0 Å². The van der Waals surface area contributed by atoms with E-state index in [1.165, 1.54) is 16.5 Å². The molecule has 0 atom stereocenters. The van der Waals surface area contributed by atoms with Crippen LogP contribution < -0.4 is 0 Å². The van der Waals surface area contributed by atoms with E-state index in [-0.39, 0.29) is 5.12 Å². The van der Waals surface area contributed by atoms with Gasteiger partial charge in [-0.25, -0.2) is 4.98 Å². The fraction of sp³-hybridized carbons (Fsp3) is 0.231. The topological polar surface area (TPSA) is 30.0 Å². The number of allylic oxidation sites excluding steroid dienone is 1. The third-order valence-electron chi connectivity index (χ3n) is 2.25. The van der Waals surface area contributed by atoms with Crippen LogP contribution in [-0.4, -0.2) is 15.9 Å². The zero-order valence-corrected chi connectivity index (χ0v) is 11.2. The Morgan fingerprint density at radius 3 is 3.24 bits per heavy atom. The molecule has 0 N–H and O–H groups in total. The molecule has 0 aliphatic heterocycles. The predicted octanol–water partition coefficient (Wildman–Crippen LogP) is 3.98. The second-order valence-electron chi connectivity index (χ2n) is 3.61. The average Bonchev–Trinajstić information content (AvgIpc) is 2.75. The van der Waals surface area contributed by atoms with Crippen LogP contribution in [0.2, 0.25) is 0 Å². The highest BCUT2D eigenvalue weighted by molar-refractivity contribution is 8.13. The molecule has 0 unspecified atom stereocenters. The molecule has 17 heavy (non-hydrogen) atoms. The number of carbonyl (C=O) groups is 1. The third-order valence-corrected chi connectivity index (χ3v) is 3.91. The van der Waals surface area contributed by atoms with Gasteiger partial charge in [-0.1, -0.05) is 30.0 Å². The fourth-order valence-electron chi connectivity index (χ4n) is 1.47. The number of rotatable bonds is 4. The Bertz CT molecular complexity index is 545.